The Balaban J connectivity index is 1.87. The second kappa shape index (κ2) is 7.71. The van der Waals surface area contributed by atoms with Crippen molar-refractivity contribution >= 4 is 28.9 Å². The monoisotopic (exact) mass is 333 g/mol. The molecule has 0 spiro atoms. The Labute approximate surface area is 138 Å². The maximum atomic E-state index is 11.9. The number of anilines is 1. The van der Waals surface area contributed by atoms with Crippen LogP contribution < -0.4 is 10.6 Å². The minimum Gasteiger partial charge on any atom is -0.325 e. The van der Waals surface area contributed by atoms with E-state index in [4.69, 9.17) is 11.6 Å². The van der Waals surface area contributed by atoms with Gasteiger partial charge in [0.2, 0.25) is 5.91 Å². The molecule has 0 fully saturated rings. The molecule has 2 N–H and O–H groups in total. The molecule has 1 amide bonds. The summed E-state index contributed by atoms with van der Waals surface area (Å²) in [6.07, 6.45) is 0. The summed E-state index contributed by atoms with van der Waals surface area (Å²) in [4.78, 5) is 22.0. The van der Waals surface area contributed by atoms with Crippen molar-refractivity contribution in [2.24, 2.45) is 0 Å². The SMILES string of the molecule is C[C@@H](NCC(=O)Nc1ccc([N+](=O)[O-])cc1)c1ccccc1Cl. The first-order chi connectivity index (χ1) is 11.0. The number of nitro groups is 1. The quantitative estimate of drug-likeness (QED) is 0.625. The molecule has 0 aromatic heterocycles. The Morgan fingerprint density at radius 3 is 2.48 bits per heavy atom. The molecular formula is C16H16ClN3O3. The van der Waals surface area contributed by atoms with Crippen LogP contribution in [0.3, 0.4) is 0 Å². The molecule has 7 heteroatoms. The number of nitrogens with one attached hydrogen (secondary N) is 2. The second-order valence-corrected chi connectivity index (χ2v) is 5.38. The lowest BCUT2D eigenvalue weighted by Gasteiger charge is -2.15. The number of carbonyl (C=O) groups excluding carboxylic acids is 1. The molecule has 0 bridgehead atoms. The summed E-state index contributed by atoms with van der Waals surface area (Å²) in [5.74, 6) is -0.238. The Bertz CT molecular complexity index is 704. The van der Waals surface area contributed by atoms with E-state index in [1.165, 1.54) is 24.3 Å². The Morgan fingerprint density at radius 2 is 1.87 bits per heavy atom. The summed E-state index contributed by atoms with van der Waals surface area (Å²) in [6, 6.07) is 13.0. The van der Waals surface area contributed by atoms with Crippen molar-refractivity contribution in [1.82, 2.24) is 5.32 Å². The summed E-state index contributed by atoms with van der Waals surface area (Å²) in [5, 5.41) is 17.0. The van der Waals surface area contributed by atoms with E-state index in [9.17, 15) is 14.9 Å². The first-order valence-corrected chi connectivity index (χ1v) is 7.37. The number of nitro benzene ring substituents is 1. The van der Waals surface area contributed by atoms with Crippen LogP contribution in [0.1, 0.15) is 18.5 Å². The number of amides is 1. The van der Waals surface area contributed by atoms with Crippen molar-refractivity contribution in [1.29, 1.82) is 0 Å². The fourth-order valence-corrected chi connectivity index (χ4v) is 2.35. The maximum Gasteiger partial charge on any atom is 0.269 e. The van der Waals surface area contributed by atoms with E-state index < -0.39 is 4.92 Å². The first kappa shape index (κ1) is 16.9. The van der Waals surface area contributed by atoms with E-state index in [1.54, 1.807) is 6.07 Å². The zero-order valence-electron chi connectivity index (χ0n) is 12.5. The van der Waals surface area contributed by atoms with Gasteiger partial charge in [-0.15, -0.1) is 0 Å². The molecule has 120 valence electrons. The third-order valence-corrected chi connectivity index (χ3v) is 3.65. The van der Waals surface area contributed by atoms with E-state index in [-0.39, 0.29) is 24.2 Å². The topological polar surface area (TPSA) is 84.3 Å². The highest BCUT2D eigenvalue weighted by Gasteiger charge is 2.11. The van der Waals surface area contributed by atoms with Crippen molar-refractivity contribution < 1.29 is 9.72 Å². The highest BCUT2D eigenvalue weighted by atomic mass is 35.5. The zero-order valence-corrected chi connectivity index (χ0v) is 13.2. The van der Waals surface area contributed by atoms with Crippen LogP contribution >= 0.6 is 11.6 Å². The van der Waals surface area contributed by atoms with Gasteiger partial charge in [0, 0.05) is 28.9 Å². The third kappa shape index (κ3) is 4.77. The van der Waals surface area contributed by atoms with Gasteiger partial charge in [0.05, 0.1) is 11.5 Å². The normalized spacial score (nSPS) is 11.7. The number of halogens is 1. The predicted octanol–water partition coefficient (Wildman–Crippen LogP) is 3.54. The van der Waals surface area contributed by atoms with Gasteiger partial charge in [-0.3, -0.25) is 14.9 Å². The van der Waals surface area contributed by atoms with E-state index in [0.29, 0.717) is 10.7 Å². The molecule has 6 nitrogen and oxygen atoms in total. The summed E-state index contributed by atoms with van der Waals surface area (Å²) >= 11 is 6.11. The molecule has 0 saturated heterocycles. The van der Waals surface area contributed by atoms with Crippen LogP contribution in [0.4, 0.5) is 11.4 Å². The van der Waals surface area contributed by atoms with E-state index >= 15 is 0 Å². The minimum atomic E-state index is -0.488. The molecule has 2 aromatic carbocycles. The number of benzene rings is 2. The molecule has 1 atom stereocenters. The lowest BCUT2D eigenvalue weighted by molar-refractivity contribution is -0.384. The number of carbonyl (C=O) groups is 1. The molecule has 0 unspecified atom stereocenters. The second-order valence-electron chi connectivity index (χ2n) is 4.98. The first-order valence-electron chi connectivity index (χ1n) is 6.99. The highest BCUT2D eigenvalue weighted by molar-refractivity contribution is 6.31. The Morgan fingerprint density at radius 1 is 1.22 bits per heavy atom. The van der Waals surface area contributed by atoms with Crippen LogP contribution in [0.5, 0.6) is 0 Å². The molecule has 0 radical (unpaired) electrons. The van der Waals surface area contributed by atoms with Crippen LogP contribution in [-0.4, -0.2) is 17.4 Å². The number of hydrogen-bond acceptors (Lipinski definition) is 4. The zero-order chi connectivity index (χ0) is 16.8. The lowest BCUT2D eigenvalue weighted by Crippen LogP contribution is -2.30. The van der Waals surface area contributed by atoms with Crippen LogP contribution in [0.25, 0.3) is 0 Å². The van der Waals surface area contributed by atoms with Gasteiger partial charge in [-0.05, 0) is 30.7 Å². The van der Waals surface area contributed by atoms with Crippen LogP contribution in [0, 0.1) is 10.1 Å². The van der Waals surface area contributed by atoms with Crippen LogP contribution in [0.15, 0.2) is 48.5 Å². The van der Waals surface area contributed by atoms with Crippen molar-refractivity contribution in [2.45, 2.75) is 13.0 Å². The molecule has 0 saturated carbocycles. The van der Waals surface area contributed by atoms with E-state index in [2.05, 4.69) is 10.6 Å². The standard InChI is InChI=1S/C16H16ClN3O3/c1-11(14-4-2-3-5-15(14)17)18-10-16(21)19-12-6-8-13(9-7-12)20(22)23/h2-9,11,18H,10H2,1H3,(H,19,21)/t11-/m1/s1. The number of non-ortho nitro benzene ring substituents is 1. The highest BCUT2D eigenvalue weighted by Crippen LogP contribution is 2.22. The number of hydrogen-bond donors (Lipinski definition) is 2. The predicted molar refractivity (Wildman–Crippen MR) is 89.6 cm³/mol. The fraction of sp³-hybridized carbons (Fsp3) is 0.188. The Kier molecular flexibility index (Phi) is 5.67. The van der Waals surface area contributed by atoms with Crippen LogP contribution in [-0.2, 0) is 4.79 Å². The molecule has 0 aliphatic heterocycles. The van der Waals surface area contributed by atoms with Gasteiger partial charge in [-0.1, -0.05) is 29.8 Å². The van der Waals surface area contributed by atoms with Gasteiger partial charge >= 0.3 is 0 Å². The summed E-state index contributed by atoms with van der Waals surface area (Å²) in [5.41, 5.74) is 1.40. The summed E-state index contributed by atoms with van der Waals surface area (Å²) < 4.78 is 0. The molecule has 23 heavy (non-hydrogen) atoms. The Hall–Kier alpha value is -2.44. The third-order valence-electron chi connectivity index (χ3n) is 3.30. The van der Waals surface area contributed by atoms with Crippen LogP contribution in [0.2, 0.25) is 5.02 Å². The van der Waals surface area contributed by atoms with Gasteiger partial charge in [-0.25, -0.2) is 0 Å². The summed E-state index contributed by atoms with van der Waals surface area (Å²) in [6.45, 7) is 2.02. The molecule has 0 aliphatic carbocycles. The van der Waals surface area contributed by atoms with Gasteiger partial charge < -0.3 is 10.6 Å². The average Bonchev–Trinajstić information content (AvgIpc) is 2.53. The van der Waals surface area contributed by atoms with Gasteiger partial charge in [0.1, 0.15) is 0 Å². The number of nitrogens with zero attached hydrogens (tertiary/aromatic N) is 1. The fourth-order valence-electron chi connectivity index (χ4n) is 2.05. The van der Waals surface area contributed by atoms with Gasteiger partial charge in [0.15, 0.2) is 0 Å². The van der Waals surface area contributed by atoms with Crippen molar-refractivity contribution in [3.05, 3.63) is 69.2 Å². The number of rotatable bonds is 6. The van der Waals surface area contributed by atoms with Gasteiger partial charge in [0.25, 0.3) is 5.69 Å². The molecule has 0 heterocycles. The minimum absolute atomic E-state index is 0.0199. The molecule has 2 aromatic rings. The molecule has 0 aliphatic rings. The van der Waals surface area contributed by atoms with Crippen molar-refractivity contribution in [3.63, 3.8) is 0 Å². The van der Waals surface area contributed by atoms with Crippen molar-refractivity contribution in [2.75, 3.05) is 11.9 Å². The van der Waals surface area contributed by atoms with Gasteiger partial charge in [-0.2, -0.15) is 0 Å². The maximum absolute atomic E-state index is 11.9. The van der Waals surface area contributed by atoms with Crippen molar-refractivity contribution in [3.8, 4) is 0 Å². The lowest BCUT2D eigenvalue weighted by atomic mass is 10.1. The van der Waals surface area contributed by atoms with E-state index in [1.807, 2.05) is 25.1 Å². The molecular weight excluding hydrogens is 318 g/mol. The smallest absolute Gasteiger partial charge is 0.269 e. The molecule has 2 rings (SSSR count). The largest absolute Gasteiger partial charge is 0.325 e. The summed E-state index contributed by atoms with van der Waals surface area (Å²) in [7, 11) is 0. The average molecular weight is 334 g/mol. The van der Waals surface area contributed by atoms with E-state index in [0.717, 1.165) is 5.56 Å².